The fraction of sp³-hybridized carbons (Fsp3) is 0. The summed E-state index contributed by atoms with van der Waals surface area (Å²) in [6.45, 7) is 0. The van der Waals surface area contributed by atoms with E-state index in [4.69, 9.17) is 4.98 Å². The first kappa shape index (κ1) is 21.0. The van der Waals surface area contributed by atoms with Crippen LogP contribution in [0.2, 0.25) is 0 Å². The zero-order valence-electron chi connectivity index (χ0n) is 18.6. The van der Waals surface area contributed by atoms with Crippen molar-refractivity contribution in [2.24, 2.45) is 0 Å². The molecule has 0 aliphatic carbocycles. The van der Waals surface area contributed by atoms with Crippen LogP contribution >= 0.6 is 18.6 Å². The number of aromatic nitrogens is 1. The van der Waals surface area contributed by atoms with Gasteiger partial charge in [-0.3, -0.25) is 0 Å². The van der Waals surface area contributed by atoms with Crippen LogP contribution in [0.5, 0.6) is 0 Å². The highest BCUT2D eigenvalue weighted by molar-refractivity contribution is 8.01. The van der Waals surface area contributed by atoms with Crippen LogP contribution in [0.25, 0.3) is 20.8 Å². The molecule has 1 heterocycles. The standard InChI is InChI=1S/C31H23NPS/c1-4-12-25(13-5-1)33(26-14-6-2-7-15-26,27-16-8-3-9-17-27)28-22-20-24(21-23-28)31-32-29-18-10-11-19-30(29)34-31/h1-23H/q+1. The van der Waals surface area contributed by atoms with Crippen LogP contribution in [-0.4, -0.2) is 4.98 Å². The second kappa shape index (κ2) is 8.99. The van der Waals surface area contributed by atoms with Crippen molar-refractivity contribution >= 4 is 50.0 Å². The number of hydrogen-bond acceptors (Lipinski definition) is 2. The van der Waals surface area contributed by atoms with E-state index >= 15 is 0 Å². The first-order valence-corrected chi connectivity index (χ1v) is 14.0. The third kappa shape index (κ3) is 3.56. The first-order chi connectivity index (χ1) is 16.9. The normalized spacial score (nSPS) is 11.5. The van der Waals surface area contributed by atoms with E-state index in [1.807, 2.05) is 6.07 Å². The Hall–Kier alpha value is -3.58. The minimum Gasteiger partial charge on any atom is -0.236 e. The minimum absolute atomic E-state index is 1.06. The van der Waals surface area contributed by atoms with Gasteiger partial charge in [0.15, 0.2) is 0 Å². The number of benzene rings is 5. The largest absolute Gasteiger partial charge is 0.236 e. The van der Waals surface area contributed by atoms with Crippen LogP contribution < -0.4 is 21.2 Å². The molecule has 0 aliphatic rings. The number of nitrogens with zero attached hydrogens (tertiary/aromatic N) is 1. The quantitative estimate of drug-likeness (QED) is 0.258. The third-order valence-corrected chi connectivity index (χ3v) is 11.6. The lowest BCUT2D eigenvalue weighted by Gasteiger charge is -2.27. The summed E-state index contributed by atoms with van der Waals surface area (Å²) < 4.78 is 1.22. The Kier molecular flexibility index (Phi) is 5.55. The van der Waals surface area contributed by atoms with Crippen LogP contribution in [0.4, 0.5) is 0 Å². The lowest BCUT2D eigenvalue weighted by Crippen LogP contribution is -2.38. The molecule has 0 bridgehead atoms. The molecule has 162 valence electrons. The van der Waals surface area contributed by atoms with Gasteiger partial charge < -0.3 is 0 Å². The van der Waals surface area contributed by atoms with Crippen molar-refractivity contribution in [2.75, 3.05) is 0 Å². The molecule has 0 radical (unpaired) electrons. The van der Waals surface area contributed by atoms with Crippen molar-refractivity contribution in [1.82, 2.24) is 4.98 Å². The topological polar surface area (TPSA) is 12.9 Å². The molecule has 0 aliphatic heterocycles. The van der Waals surface area contributed by atoms with Crippen molar-refractivity contribution in [1.29, 1.82) is 0 Å². The molecule has 0 spiro atoms. The highest BCUT2D eigenvalue weighted by Gasteiger charge is 2.47. The van der Waals surface area contributed by atoms with Crippen LogP contribution in [0.15, 0.2) is 140 Å². The first-order valence-electron chi connectivity index (χ1n) is 11.4. The van der Waals surface area contributed by atoms with Crippen LogP contribution in [-0.2, 0) is 0 Å². The number of fused-ring (bicyclic) bond motifs is 1. The minimum atomic E-state index is -2.06. The summed E-state index contributed by atoms with van der Waals surface area (Å²) in [6, 6.07) is 50.5. The van der Waals surface area contributed by atoms with E-state index in [1.54, 1.807) is 11.3 Å². The summed E-state index contributed by atoms with van der Waals surface area (Å²) in [5.41, 5.74) is 2.23. The van der Waals surface area contributed by atoms with Gasteiger partial charge in [-0.05, 0) is 72.8 Å². The maximum Gasteiger partial charge on any atom is 0.144 e. The van der Waals surface area contributed by atoms with Gasteiger partial charge in [0.1, 0.15) is 33.5 Å². The second-order valence-corrected chi connectivity index (χ2v) is 12.6. The van der Waals surface area contributed by atoms with Crippen LogP contribution in [0.3, 0.4) is 0 Å². The smallest absolute Gasteiger partial charge is 0.144 e. The lowest BCUT2D eigenvalue weighted by molar-refractivity contribution is 1.48. The molecule has 0 saturated heterocycles. The number of rotatable bonds is 5. The second-order valence-electron chi connectivity index (χ2n) is 8.21. The molecule has 0 saturated carbocycles. The fourth-order valence-electron chi connectivity index (χ4n) is 4.67. The SMILES string of the molecule is c1ccc([P+](c2ccccc2)(c2ccccc2)c2ccc(-c3nc4ccccc4s3)cc2)cc1. The Bertz CT molecular complexity index is 1400. The Balaban J connectivity index is 1.57. The molecule has 6 aromatic rings. The van der Waals surface area contributed by atoms with E-state index in [1.165, 1.54) is 25.9 Å². The molecule has 0 N–H and O–H groups in total. The van der Waals surface area contributed by atoms with E-state index in [0.717, 1.165) is 16.1 Å². The Morgan fingerprint density at radius 2 is 0.882 bits per heavy atom. The van der Waals surface area contributed by atoms with Gasteiger partial charge in [0.25, 0.3) is 0 Å². The summed E-state index contributed by atoms with van der Waals surface area (Å²) in [5, 5.41) is 6.50. The van der Waals surface area contributed by atoms with Crippen LogP contribution in [0, 0.1) is 0 Å². The Morgan fingerprint density at radius 1 is 0.441 bits per heavy atom. The summed E-state index contributed by atoms with van der Waals surface area (Å²) in [6.07, 6.45) is 0. The maximum atomic E-state index is 4.88. The van der Waals surface area contributed by atoms with Gasteiger partial charge in [0.05, 0.1) is 10.2 Å². The summed E-state index contributed by atoms with van der Waals surface area (Å²) >= 11 is 1.75. The monoisotopic (exact) mass is 472 g/mol. The van der Waals surface area contributed by atoms with Crippen molar-refractivity contribution in [2.45, 2.75) is 0 Å². The highest BCUT2D eigenvalue weighted by Crippen LogP contribution is 2.54. The lowest BCUT2D eigenvalue weighted by atomic mass is 10.2. The average Bonchev–Trinajstić information content (AvgIpc) is 3.36. The molecule has 0 amide bonds. The molecule has 0 atom stereocenters. The van der Waals surface area contributed by atoms with Gasteiger partial charge in [-0.15, -0.1) is 11.3 Å². The maximum absolute atomic E-state index is 4.88. The zero-order valence-corrected chi connectivity index (χ0v) is 20.3. The molecular weight excluding hydrogens is 449 g/mol. The van der Waals surface area contributed by atoms with Gasteiger partial charge in [0, 0.05) is 5.56 Å². The van der Waals surface area contributed by atoms with Crippen molar-refractivity contribution < 1.29 is 0 Å². The summed E-state index contributed by atoms with van der Waals surface area (Å²) in [5.74, 6) is 0. The number of para-hydroxylation sites is 1. The predicted octanol–water partition coefficient (Wildman–Crippen LogP) is 6.58. The molecule has 34 heavy (non-hydrogen) atoms. The van der Waals surface area contributed by atoms with E-state index in [0.29, 0.717) is 0 Å². The van der Waals surface area contributed by atoms with Gasteiger partial charge in [-0.1, -0.05) is 66.7 Å². The molecule has 1 nitrogen and oxygen atoms in total. The molecule has 6 rings (SSSR count). The molecule has 5 aromatic carbocycles. The van der Waals surface area contributed by atoms with Crippen molar-refractivity contribution in [3.05, 3.63) is 140 Å². The molecule has 0 unspecified atom stereocenters. The predicted molar refractivity (Wildman–Crippen MR) is 150 cm³/mol. The zero-order chi connectivity index (χ0) is 22.8. The van der Waals surface area contributed by atoms with E-state index in [2.05, 4.69) is 133 Å². The average molecular weight is 473 g/mol. The van der Waals surface area contributed by atoms with Gasteiger partial charge in [-0.2, -0.15) is 0 Å². The van der Waals surface area contributed by atoms with Gasteiger partial charge >= 0.3 is 0 Å². The number of hydrogen-bond donors (Lipinski definition) is 0. The highest BCUT2D eigenvalue weighted by atomic mass is 32.1. The van der Waals surface area contributed by atoms with E-state index < -0.39 is 7.26 Å². The molecule has 1 aromatic heterocycles. The van der Waals surface area contributed by atoms with Crippen molar-refractivity contribution in [3.8, 4) is 10.6 Å². The molecule has 0 fully saturated rings. The van der Waals surface area contributed by atoms with E-state index in [9.17, 15) is 0 Å². The van der Waals surface area contributed by atoms with Crippen molar-refractivity contribution in [3.63, 3.8) is 0 Å². The molecule has 3 heteroatoms. The fourth-order valence-corrected chi connectivity index (χ4v) is 9.89. The number of thiazole rings is 1. The molecular formula is C31H23NPS+. The Labute approximate surface area is 204 Å². The Morgan fingerprint density at radius 3 is 1.38 bits per heavy atom. The van der Waals surface area contributed by atoms with Crippen LogP contribution in [0.1, 0.15) is 0 Å². The summed E-state index contributed by atoms with van der Waals surface area (Å²) in [7, 11) is -2.06. The van der Waals surface area contributed by atoms with Gasteiger partial charge in [-0.25, -0.2) is 4.98 Å². The van der Waals surface area contributed by atoms with E-state index in [-0.39, 0.29) is 0 Å². The van der Waals surface area contributed by atoms with Gasteiger partial charge in [0.2, 0.25) is 0 Å². The third-order valence-electron chi connectivity index (χ3n) is 6.23. The summed E-state index contributed by atoms with van der Waals surface area (Å²) in [4.78, 5) is 4.88.